The van der Waals surface area contributed by atoms with Gasteiger partial charge in [0.15, 0.2) is 0 Å². The maximum atomic E-state index is 6.04. The summed E-state index contributed by atoms with van der Waals surface area (Å²) in [5.41, 5.74) is 1.30. The fraction of sp³-hybridized carbons (Fsp3) is 0.600. The molecule has 0 saturated carbocycles. The van der Waals surface area contributed by atoms with E-state index in [9.17, 15) is 0 Å². The molecule has 3 unspecified atom stereocenters. The lowest BCUT2D eigenvalue weighted by Crippen LogP contribution is -2.38. The summed E-state index contributed by atoms with van der Waals surface area (Å²) < 4.78 is 5.69. The summed E-state index contributed by atoms with van der Waals surface area (Å²) in [7, 11) is 0. The van der Waals surface area contributed by atoms with Gasteiger partial charge in [0, 0.05) is 17.0 Å². The van der Waals surface area contributed by atoms with Gasteiger partial charge in [0.25, 0.3) is 0 Å². The van der Waals surface area contributed by atoms with Gasteiger partial charge in [0.1, 0.15) is 0 Å². The van der Waals surface area contributed by atoms with Crippen LogP contribution in [0.15, 0.2) is 24.3 Å². The lowest BCUT2D eigenvalue weighted by Gasteiger charge is -2.23. The molecule has 1 saturated heterocycles. The van der Waals surface area contributed by atoms with Crippen molar-refractivity contribution >= 4 is 11.6 Å². The minimum Gasteiger partial charge on any atom is -0.378 e. The van der Waals surface area contributed by atoms with Crippen LogP contribution in [0, 0.1) is 5.92 Å². The maximum Gasteiger partial charge on any atom is 0.0551 e. The van der Waals surface area contributed by atoms with Gasteiger partial charge in [-0.15, -0.1) is 0 Å². The topological polar surface area (TPSA) is 21.3 Å². The van der Waals surface area contributed by atoms with E-state index in [2.05, 4.69) is 31.3 Å². The second kappa shape index (κ2) is 6.55. The van der Waals surface area contributed by atoms with Crippen LogP contribution in [-0.4, -0.2) is 25.3 Å². The van der Waals surface area contributed by atoms with Crippen LogP contribution in [0.5, 0.6) is 0 Å². The van der Waals surface area contributed by atoms with Gasteiger partial charge in [-0.2, -0.15) is 0 Å². The molecule has 0 aliphatic carbocycles. The van der Waals surface area contributed by atoms with Crippen molar-refractivity contribution in [3.63, 3.8) is 0 Å². The van der Waals surface area contributed by atoms with Crippen molar-refractivity contribution in [3.05, 3.63) is 34.9 Å². The first-order chi connectivity index (χ1) is 8.69. The normalized spacial score (nSPS) is 25.3. The summed E-state index contributed by atoms with van der Waals surface area (Å²) in [6.07, 6.45) is 2.57. The monoisotopic (exact) mass is 267 g/mol. The highest BCUT2D eigenvalue weighted by atomic mass is 35.5. The van der Waals surface area contributed by atoms with E-state index in [1.54, 1.807) is 0 Å². The molecule has 1 heterocycles. The fourth-order valence-electron chi connectivity index (χ4n) is 2.72. The molecule has 0 radical (unpaired) electrons. The summed E-state index contributed by atoms with van der Waals surface area (Å²) >= 11 is 6.04. The lowest BCUT2D eigenvalue weighted by molar-refractivity contribution is 0.117. The number of rotatable bonds is 5. The fourth-order valence-corrected chi connectivity index (χ4v) is 2.93. The van der Waals surface area contributed by atoms with Crippen molar-refractivity contribution in [3.8, 4) is 0 Å². The van der Waals surface area contributed by atoms with Crippen molar-refractivity contribution in [2.24, 2.45) is 5.92 Å². The Morgan fingerprint density at radius 2 is 2.33 bits per heavy atom. The van der Waals surface area contributed by atoms with Crippen LogP contribution in [0.1, 0.15) is 25.8 Å². The summed E-state index contributed by atoms with van der Waals surface area (Å²) in [5.74, 6) is 0.610. The van der Waals surface area contributed by atoms with Crippen LogP contribution in [0.2, 0.25) is 5.02 Å². The molecule has 2 nitrogen and oxygen atoms in total. The van der Waals surface area contributed by atoms with E-state index in [1.807, 2.05) is 12.1 Å². The second-order valence-electron chi connectivity index (χ2n) is 5.14. The van der Waals surface area contributed by atoms with Crippen molar-refractivity contribution in [1.82, 2.24) is 5.32 Å². The molecular formula is C15H22ClNO. The van der Waals surface area contributed by atoms with E-state index in [1.165, 1.54) is 5.56 Å². The summed E-state index contributed by atoms with van der Waals surface area (Å²) in [4.78, 5) is 0. The SMILES string of the molecule is CCNC(Cc1cccc(Cl)c1)C1COC(C)C1. The zero-order valence-corrected chi connectivity index (χ0v) is 11.9. The van der Waals surface area contributed by atoms with Crippen LogP contribution >= 0.6 is 11.6 Å². The van der Waals surface area contributed by atoms with E-state index in [0.717, 1.165) is 31.0 Å². The van der Waals surface area contributed by atoms with Gasteiger partial charge in [-0.05, 0) is 44.0 Å². The highest BCUT2D eigenvalue weighted by molar-refractivity contribution is 6.30. The lowest BCUT2D eigenvalue weighted by atomic mass is 9.91. The summed E-state index contributed by atoms with van der Waals surface area (Å²) in [6.45, 7) is 6.18. The average Bonchev–Trinajstić information content (AvgIpc) is 2.75. The van der Waals surface area contributed by atoms with Gasteiger partial charge in [0.2, 0.25) is 0 Å². The molecule has 1 N–H and O–H groups in total. The van der Waals surface area contributed by atoms with Crippen LogP contribution in [0.25, 0.3) is 0 Å². The van der Waals surface area contributed by atoms with E-state index in [-0.39, 0.29) is 0 Å². The largest absolute Gasteiger partial charge is 0.378 e. The van der Waals surface area contributed by atoms with Crippen molar-refractivity contribution < 1.29 is 4.74 Å². The van der Waals surface area contributed by atoms with Crippen LogP contribution < -0.4 is 5.32 Å². The van der Waals surface area contributed by atoms with Gasteiger partial charge in [0.05, 0.1) is 12.7 Å². The third-order valence-corrected chi connectivity index (χ3v) is 3.84. The Kier molecular flexibility index (Phi) is 5.04. The molecule has 0 aromatic heterocycles. The van der Waals surface area contributed by atoms with Gasteiger partial charge in [-0.25, -0.2) is 0 Å². The minimum atomic E-state index is 0.399. The first-order valence-corrected chi connectivity index (χ1v) is 7.16. The van der Waals surface area contributed by atoms with Crippen molar-refractivity contribution in [2.45, 2.75) is 38.8 Å². The molecule has 1 aliphatic rings. The molecular weight excluding hydrogens is 246 g/mol. The molecule has 1 aromatic carbocycles. The molecule has 0 bridgehead atoms. The van der Waals surface area contributed by atoms with E-state index in [0.29, 0.717) is 18.1 Å². The zero-order valence-electron chi connectivity index (χ0n) is 11.2. The molecule has 18 heavy (non-hydrogen) atoms. The number of likely N-dealkylation sites (N-methyl/N-ethyl adjacent to an activating group) is 1. The van der Waals surface area contributed by atoms with Gasteiger partial charge < -0.3 is 10.1 Å². The van der Waals surface area contributed by atoms with Crippen LogP contribution in [0.4, 0.5) is 0 Å². The predicted molar refractivity (Wildman–Crippen MR) is 76.1 cm³/mol. The number of nitrogens with one attached hydrogen (secondary N) is 1. The molecule has 1 aliphatic heterocycles. The smallest absolute Gasteiger partial charge is 0.0551 e. The van der Waals surface area contributed by atoms with Gasteiger partial charge in [-0.3, -0.25) is 0 Å². The Balaban J connectivity index is 2.01. The average molecular weight is 268 g/mol. The molecule has 0 amide bonds. The first kappa shape index (κ1) is 13.9. The molecule has 0 spiro atoms. The molecule has 1 fully saturated rings. The number of benzene rings is 1. The summed E-state index contributed by atoms with van der Waals surface area (Å²) in [6, 6.07) is 8.64. The standard InChI is InChI=1S/C15H22ClNO/c1-3-17-15(13-7-11(2)18-10-13)9-12-5-4-6-14(16)8-12/h4-6,8,11,13,15,17H,3,7,9-10H2,1-2H3. The third kappa shape index (κ3) is 3.71. The number of halogens is 1. The second-order valence-corrected chi connectivity index (χ2v) is 5.57. The first-order valence-electron chi connectivity index (χ1n) is 6.78. The number of hydrogen-bond donors (Lipinski definition) is 1. The van der Waals surface area contributed by atoms with E-state index in [4.69, 9.17) is 16.3 Å². The highest BCUT2D eigenvalue weighted by Gasteiger charge is 2.29. The van der Waals surface area contributed by atoms with Gasteiger partial charge in [-0.1, -0.05) is 30.7 Å². The Morgan fingerprint density at radius 3 is 2.94 bits per heavy atom. The number of ether oxygens (including phenoxy) is 1. The van der Waals surface area contributed by atoms with Crippen LogP contribution in [0.3, 0.4) is 0 Å². The van der Waals surface area contributed by atoms with Crippen molar-refractivity contribution in [1.29, 1.82) is 0 Å². The van der Waals surface area contributed by atoms with Crippen LogP contribution in [-0.2, 0) is 11.2 Å². The Labute approximate surface area is 115 Å². The van der Waals surface area contributed by atoms with E-state index < -0.39 is 0 Å². The highest BCUT2D eigenvalue weighted by Crippen LogP contribution is 2.25. The zero-order chi connectivity index (χ0) is 13.0. The van der Waals surface area contributed by atoms with E-state index >= 15 is 0 Å². The predicted octanol–water partition coefficient (Wildman–Crippen LogP) is 3.29. The Bertz CT molecular complexity index is 383. The molecule has 100 valence electrons. The third-order valence-electron chi connectivity index (χ3n) is 3.61. The molecule has 3 heteroatoms. The molecule has 3 atom stereocenters. The molecule has 2 rings (SSSR count). The van der Waals surface area contributed by atoms with Crippen molar-refractivity contribution in [2.75, 3.05) is 13.2 Å². The number of hydrogen-bond acceptors (Lipinski definition) is 2. The quantitative estimate of drug-likeness (QED) is 0.884. The Hall–Kier alpha value is -0.570. The minimum absolute atomic E-state index is 0.399. The summed E-state index contributed by atoms with van der Waals surface area (Å²) in [5, 5.41) is 4.41. The Morgan fingerprint density at radius 1 is 1.50 bits per heavy atom. The molecule has 1 aromatic rings. The maximum absolute atomic E-state index is 6.04. The van der Waals surface area contributed by atoms with Gasteiger partial charge >= 0.3 is 0 Å².